The number of hydrogen-bond donors (Lipinski definition) is 0. The minimum absolute atomic E-state index is 0.462. The molecular weight excluding hydrogens is 438 g/mol. The Bertz CT molecular complexity index is 1570. The van der Waals surface area contributed by atoms with Crippen molar-refractivity contribution >= 4 is 63.5 Å². The first-order valence-corrected chi connectivity index (χ1v) is 11.8. The number of para-hydroxylation sites is 1. The van der Waals surface area contributed by atoms with Crippen LogP contribution < -0.4 is 4.74 Å². The molecule has 0 aliphatic rings. The van der Waals surface area contributed by atoms with E-state index < -0.39 is 5.97 Å². The summed E-state index contributed by atoms with van der Waals surface area (Å²) in [5.74, 6) is 0.0400. The molecule has 34 heavy (non-hydrogen) atoms. The summed E-state index contributed by atoms with van der Waals surface area (Å²) in [4.78, 5) is 13.9. The van der Waals surface area contributed by atoms with Crippen molar-refractivity contribution in [1.29, 1.82) is 0 Å². The molecule has 0 amide bonds. The van der Waals surface area contributed by atoms with Gasteiger partial charge in [0.2, 0.25) is 0 Å². The van der Waals surface area contributed by atoms with Crippen LogP contribution in [-0.4, -0.2) is 10.5 Å². The number of ether oxygens (including phenoxy) is 1. The lowest BCUT2D eigenvalue weighted by atomic mass is 10.1. The molecule has 2 aromatic heterocycles. The Hall–Kier alpha value is -4.15. The fourth-order valence-corrected chi connectivity index (χ4v) is 4.75. The van der Waals surface area contributed by atoms with Crippen molar-refractivity contribution in [3.63, 3.8) is 0 Å². The maximum absolute atomic E-state index is 11.3. The normalized spacial score (nSPS) is 11.7. The standard InChI is InChI=1S/C30H23NO2S/c1-3-30(32)33-24-14-11-22(12-15-24)9-10-23-13-17-29-27(20-23)26-6-4-5-7-28(26)31(29)19-18-25-16-8-21(2)34-25/h3-20H,1H2,2H3/b10-9?,19-18+. The molecule has 0 spiro atoms. The van der Waals surface area contributed by atoms with Gasteiger partial charge in [0, 0.05) is 32.8 Å². The number of carbonyl (C=O) groups is 1. The molecule has 3 nitrogen and oxygen atoms in total. The Morgan fingerprint density at radius 3 is 2.35 bits per heavy atom. The van der Waals surface area contributed by atoms with Crippen LogP contribution in [0.4, 0.5) is 0 Å². The summed E-state index contributed by atoms with van der Waals surface area (Å²) in [6, 6.07) is 26.7. The first-order valence-electron chi connectivity index (χ1n) is 11.0. The van der Waals surface area contributed by atoms with Crippen molar-refractivity contribution < 1.29 is 9.53 Å². The Morgan fingerprint density at radius 2 is 1.59 bits per heavy atom. The number of esters is 1. The summed E-state index contributed by atoms with van der Waals surface area (Å²) in [5.41, 5.74) is 4.51. The number of benzene rings is 3. The van der Waals surface area contributed by atoms with E-state index in [1.165, 1.54) is 31.6 Å². The molecule has 0 aliphatic carbocycles. The van der Waals surface area contributed by atoms with Crippen LogP contribution in [0, 0.1) is 6.92 Å². The minimum Gasteiger partial charge on any atom is -0.423 e. The van der Waals surface area contributed by atoms with Gasteiger partial charge in [-0.15, -0.1) is 11.3 Å². The summed E-state index contributed by atoms with van der Waals surface area (Å²) >= 11 is 1.79. The number of hydrogen-bond acceptors (Lipinski definition) is 3. The van der Waals surface area contributed by atoms with Crippen LogP contribution in [0.15, 0.2) is 91.5 Å². The van der Waals surface area contributed by atoms with E-state index in [0.717, 1.165) is 17.2 Å². The van der Waals surface area contributed by atoms with Gasteiger partial charge in [0.1, 0.15) is 5.75 Å². The summed E-state index contributed by atoms with van der Waals surface area (Å²) < 4.78 is 7.39. The topological polar surface area (TPSA) is 31.2 Å². The largest absolute Gasteiger partial charge is 0.423 e. The molecule has 0 fully saturated rings. The molecule has 0 unspecified atom stereocenters. The number of aryl methyl sites for hydroxylation is 1. The zero-order valence-corrected chi connectivity index (χ0v) is 19.6. The van der Waals surface area contributed by atoms with E-state index in [0.29, 0.717) is 5.75 Å². The van der Waals surface area contributed by atoms with Gasteiger partial charge < -0.3 is 9.30 Å². The second-order valence-electron chi connectivity index (χ2n) is 7.96. The molecule has 0 saturated heterocycles. The summed E-state index contributed by atoms with van der Waals surface area (Å²) in [7, 11) is 0. The smallest absolute Gasteiger partial charge is 0.335 e. The molecule has 0 N–H and O–H groups in total. The highest BCUT2D eigenvalue weighted by Crippen LogP contribution is 2.31. The molecular formula is C30H23NO2S. The van der Waals surface area contributed by atoms with Crippen molar-refractivity contribution in [3.8, 4) is 5.75 Å². The summed E-state index contributed by atoms with van der Waals surface area (Å²) in [6.45, 7) is 5.54. The van der Waals surface area contributed by atoms with Gasteiger partial charge in [-0.25, -0.2) is 4.79 Å². The molecule has 5 aromatic rings. The maximum atomic E-state index is 11.3. The van der Waals surface area contributed by atoms with Crippen LogP contribution in [0.5, 0.6) is 5.75 Å². The van der Waals surface area contributed by atoms with E-state index in [-0.39, 0.29) is 0 Å². The van der Waals surface area contributed by atoms with Crippen molar-refractivity contribution in [2.75, 3.05) is 0 Å². The first-order chi connectivity index (χ1) is 16.6. The van der Waals surface area contributed by atoms with E-state index >= 15 is 0 Å². The van der Waals surface area contributed by atoms with Crippen LogP contribution in [0.2, 0.25) is 0 Å². The number of aromatic nitrogens is 1. The Balaban J connectivity index is 1.46. The molecule has 166 valence electrons. The van der Waals surface area contributed by atoms with Gasteiger partial charge in [-0.05, 0) is 66.6 Å². The predicted molar refractivity (Wildman–Crippen MR) is 145 cm³/mol. The lowest BCUT2D eigenvalue weighted by Crippen LogP contribution is -2.02. The second kappa shape index (κ2) is 9.38. The molecule has 0 radical (unpaired) electrons. The quantitative estimate of drug-likeness (QED) is 0.111. The van der Waals surface area contributed by atoms with Gasteiger partial charge in [-0.1, -0.05) is 55.1 Å². The highest BCUT2D eigenvalue weighted by molar-refractivity contribution is 7.12. The monoisotopic (exact) mass is 461 g/mol. The van der Waals surface area contributed by atoms with Crippen molar-refractivity contribution in [1.82, 2.24) is 4.57 Å². The molecule has 3 aromatic carbocycles. The van der Waals surface area contributed by atoms with Crippen molar-refractivity contribution in [2.24, 2.45) is 0 Å². The average molecular weight is 462 g/mol. The molecule has 2 heterocycles. The van der Waals surface area contributed by atoms with Crippen molar-refractivity contribution in [3.05, 3.63) is 112 Å². The fourth-order valence-electron chi connectivity index (χ4n) is 3.97. The average Bonchev–Trinajstić information content (AvgIpc) is 3.42. The van der Waals surface area contributed by atoms with Crippen LogP contribution in [0.1, 0.15) is 20.9 Å². The number of rotatable bonds is 6. The first kappa shape index (κ1) is 21.7. The van der Waals surface area contributed by atoms with E-state index in [1.54, 1.807) is 23.5 Å². The van der Waals surface area contributed by atoms with Gasteiger partial charge in [0.15, 0.2) is 0 Å². The number of thiophene rings is 1. The van der Waals surface area contributed by atoms with Gasteiger partial charge in [-0.2, -0.15) is 0 Å². The number of nitrogens with zero attached hydrogens (tertiary/aromatic N) is 1. The Morgan fingerprint density at radius 1 is 0.853 bits per heavy atom. The van der Waals surface area contributed by atoms with E-state index in [4.69, 9.17) is 4.74 Å². The third-order valence-electron chi connectivity index (χ3n) is 5.62. The fraction of sp³-hybridized carbons (Fsp3) is 0.0333. The SMILES string of the molecule is C=CC(=O)Oc1ccc(C=Cc2ccc3c(c2)c2ccccc2n3/C=C/c2ccc(C)s2)cc1. The van der Waals surface area contributed by atoms with Gasteiger partial charge in [0.25, 0.3) is 0 Å². The Kier molecular flexibility index (Phi) is 5.98. The Labute approximate surface area is 202 Å². The zero-order valence-electron chi connectivity index (χ0n) is 18.8. The summed E-state index contributed by atoms with van der Waals surface area (Å²) in [6.07, 6.45) is 9.64. The molecule has 4 heteroatoms. The van der Waals surface area contributed by atoms with Crippen LogP contribution in [-0.2, 0) is 4.79 Å². The van der Waals surface area contributed by atoms with E-state index in [1.807, 2.05) is 12.1 Å². The van der Waals surface area contributed by atoms with E-state index in [2.05, 4.69) is 97.1 Å². The lowest BCUT2D eigenvalue weighted by molar-refractivity contribution is -0.128. The second-order valence-corrected chi connectivity index (χ2v) is 9.27. The van der Waals surface area contributed by atoms with Gasteiger partial charge in [0.05, 0.1) is 11.0 Å². The molecule has 0 bridgehead atoms. The number of carbonyl (C=O) groups excluding carboxylic acids is 1. The third kappa shape index (κ3) is 4.49. The minimum atomic E-state index is -0.462. The summed E-state index contributed by atoms with van der Waals surface area (Å²) in [5, 5.41) is 2.45. The molecule has 0 atom stereocenters. The van der Waals surface area contributed by atoms with Crippen LogP contribution in [0.3, 0.4) is 0 Å². The zero-order chi connectivity index (χ0) is 23.5. The van der Waals surface area contributed by atoms with Gasteiger partial charge in [-0.3, -0.25) is 0 Å². The van der Waals surface area contributed by atoms with Gasteiger partial charge >= 0.3 is 5.97 Å². The van der Waals surface area contributed by atoms with E-state index in [9.17, 15) is 4.79 Å². The number of fused-ring (bicyclic) bond motifs is 3. The van der Waals surface area contributed by atoms with Crippen LogP contribution in [0.25, 0.3) is 46.2 Å². The molecule has 0 aliphatic heterocycles. The predicted octanol–water partition coefficient (Wildman–Crippen LogP) is 8.05. The lowest BCUT2D eigenvalue weighted by Gasteiger charge is -2.02. The van der Waals surface area contributed by atoms with Crippen LogP contribution >= 0.6 is 11.3 Å². The molecule has 0 saturated carbocycles. The van der Waals surface area contributed by atoms with Crippen molar-refractivity contribution in [2.45, 2.75) is 6.92 Å². The maximum Gasteiger partial charge on any atom is 0.335 e. The molecule has 5 rings (SSSR count). The highest BCUT2D eigenvalue weighted by atomic mass is 32.1. The highest BCUT2D eigenvalue weighted by Gasteiger charge is 2.09. The third-order valence-corrected chi connectivity index (χ3v) is 6.58.